The van der Waals surface area contributed by atoms with Crippen LogP contribution >= 0.6 is 0 Å². The van der Waals surface area contributed by atoms with Gasteiger partial charge in [-0.25, -0.2) is 0 Å². The van der Waals surface area contributed by atoms with Gasteiger partial charge in [0.1, 0.15) is 0 Å². The van der Waals surface area contributed by atoms with E-state index < -0.39 is 11.7 Å². The monoisotopic (exact) mass is 300 g/mol. The molecule has 8 heteroatoms. The Bertz CT molecular complexity index is 519. The number of piperazine rings is 1. The Balaban J connectivity index is 1.92. The lowest BCUT2D eigenvalue weighted by Gasteiger charge is -2.32. The molecule has 5 nitrogen and oxygen atoms in total. The maximum absolute atomic E-state index is 12.4. The average molecular weight is 300 g/mol. The van der Waals surface area contributed by atoms with Gasteiger partial charge in [0.2, 0.25) is 5.91 Å². The summed E-state index contributed by atoms with van der Waals surface area (Å²) in [5.74, 6) is 0.0306. The zero-order chi connectivity index (χ0) is 15.5. The van der Waals surface area contributed by atoms with Crippen molar-refractivity contribution in [3.05, 3.63) is 29.6 Å². The molecule has 1 aliphatic rings. The molecular formula is C13H15F3N4O. The van der Waals surface area contributed by atoms with Crippen molar-refractivity contribution in [1.82, 2.24) is 14.9 Å². The van der Waals surface area contributed by atoms with Crippen molar-refractivity contribution in [2.24, 2.45) is 5.10 Å². The zero-order valence-corrected chi connectivity index (χ0v) is 11.5. The van der Waals surface area contributed by atoms with E-state index in [1.807, 2.05) is 0 Å². The second kappa shape index (κ2) is 6.11. The van der Waals surface area contributed by atoms with Crippen molar-refractivity contribution in [2.45, 2.75) is 13.1 Å². The minimum absolute atomic E-state index is 0.0306. The second-order valence-electron chi connectivity index (χ2n) is 4.67. The summed E-state index contributed by atoms with van der Waals surface area (Å²) in [6.07, 6.45) is -2.18. The molecular weight excluding hydrogens is 285 g/mol. The summed E-state index contributed by atoms with van der Waals surface area (Å²) in [5, 5.41) is 5.93. The summed E-state index contributed by atoms with van der Waals surface area (Å²) in [4.78, 5) is 16.6. The van der Waals surface area contributed by atoms with E-state index >= 15 is 0 Å². The van der Waals surface area contributed by atoms with Crippen molar-refractivity contribution in [3.8, 4) is 0 Å². The number of nitrogens with zero attached hydrogens (tertiary/aromatic N) is 4. The Kier molecular flexibility index (Phi) is 4.44. The molecule has 0 aliphatic carbocycles. The number of aromatic nitrogens is 1. The largest absolute Gasteiger partial charge is 0.417 e. The van der Waals surface area contributed by atoms with E-state index in [0.29, 0.717) is 31.9 Å². The third-order valence-electron chi connectivity index (χ3n) is 3.17. The molecule has 0 radical (unpaired) electrons. The maximum Gasteiger partial charge on any atom is 0.417 e. The van der Waals surface area contributed by atoms with Gasteiger partial charge in [-0.15, -0.1) is 0 Å². The molecule has 0 atom stereocenters. The van der Waals surface area contributed by atoms with Crippen LogP contribution < -0.4 is 0 Å². The first-order valence-electron chi connectivity index (χ1n) is 6.44. The molecule has 0 N–H and O–H groups in total. The minimum Gasteiger partial charge on any atom is -0.339 e. The Morgan fingerprint density at radius 3 is 2.43 bits per heavy atom. The Morgan fingerprint density at radius 2 is 1.95 bits per heavy atom. The third kappa shape index (κ3) is 4.17. The summed E-state index contributed by atoms with van der Waals surface area (Å²) in [5.41, 5.74) is -0.424. The molecule has 1 aromatic rings. The quantitative estimate of drug-likeness (QED) is 0.780. The predicted octanol–water partition coefficient (Wildman–Crippen LogP) is 1.60. The fourth-order valence-corrected chi connectivity index (χ4v) is 1.92. The molecule has 114 valence electrons. The maximum atomic E-state index is 12.4. The number of amides is 1. The van der Waals surface area contributed by atoms with Crippen LogP contribution in [-0.4, -0.2) is 53.2 Å². The van der Waals surface area contributed by atoms with Crippen LogP contribution in [0.15, 0.2) is 23.4 Å². The van der Waals surface area contributed by atoms with Gasteiger partial charge in [-0.1, -0.05) is 0 Å². The van der Waals surface area contributed by atoms with Crippen molar-refractivity contribution in [2.75, 3.05) is 26.2 Å². The van der Waals surface area contributed by atoms with E-state index in [1.54, 1.807) is 9.91 Å². The van der Waals surface area contributed by atoms with E-state index in [4.69, 9.17) is 0 Å². The molecule has 0 unspecified atom stereocenters. The van der Waals surface area contributed by atoms with Crippen LogP contribution in [0.4, 0.5) is 13.2 Å². The molecule has 0 aromatic carbocycles. The highest BCUT2D eigenvalue weighted by Crippen LogP contribution is 2.28. The van der Waals surface area contributed by atoms with Gasteiger partial charge < -0.3 is 4.90 Å². The Hall–Kier alpha value is -2.12. The summed E-state index contributed by atoms with van der Waals surface area (Å²) >= 11 is 0. The molecule has 1 aliphatic heterocycles. The summed E-state index contributed by atoms with van der Waals surface area (Å²) < 4.78 is 37.2. The van der Waals surface area contributed by atoms with E-state index in [0.717, 1.165) is 12.3 Å². The number of hydrogen-bond donors (Lipinski definition) is 0. The van der Waals surface area contributed by atoms with Gasteiger partial charge in [0.05, 0.1) is 30.6 Å². The van der Waals surface area contributed by atoms with Crippen molar-refractivity contribution < 1.29 is 18.0 Å². The van der Waals surface area contributed by atoms with Crippen LogP contribution in [-0.2, 0) is 11.0 Å². The highest BCUT2D eigenvalue weighted by Gasteiger charge is 2.30. The Morgan fingerprint density at radius 1 is 1.29 bits per heavy atom. The van der Waals surface area contributed by atoms with Crippen molar-refractivity contribution in [1.29, 1.82) is 0 Å². The fourth-order valence-electron chi connectivity index (χ4n) is 1.92. The van der Waals surface area contributed by atoms with E-state index in [2.05, 4.69) is 10.1 Å². The molecule has 0 spiro atoms. The first-order chi connectivity index (χ1) is 9.86. The van der Waals surface area contributed by atoms with Crippen LogP contribution in [0.3, 0.4) is 0 Å². The molecule has 1 fully saturated rings. The minimum atomic E-state index is -4.38. The number of carbonyl (C=O) groups is 1. The summed E-state index contributed by atoms with van der Waals surface area (Å²) in [7, 11) is 0. The van der Waals surface area contributed by atoms with Gasteiger partial charge in [-0.2, -0.15) is 18.3 Å². The van der Waals surface area contributed by atoms with Crippen LogP contribution in [0, 0.1) is 0 Å². The van der Waals surface area contributed by atoms with Gasteiger partial charge in [0.25, 0.3) is 0 Å². The van der Waals surface area contributed by atoms with Crippen molar-refractivity contribution >= 4 is 12.1 Å². The van der Waals surface area contributed by atoms with Gasteiger partial charge in [-0.3, -0.25) is 14.8 Å². The van der Waals surface area contributed by atoms with E-state index in [-0.39, 0.29) is 5.91 Å². The highest BCUT2D eigenvalue weighted by molar-refractivity contribution is 5.76. The fraction of sp³-hybridized carbons (Fsp3) is 0.462. The molecule has 1 amide bonds. The third-order valence-corrected chi connectivity index (χ3v) is 3.17. The van der Waals surface area contributed by atoms with Gasteiger partial charge in [-0.05, 0) is 12.1 Å². The van der Waals surface area contributed by atoms with Crippen LogP contribution in [0.25, 0.3) is 0 Å². The number of alkyl halides is 3. The van der Waals surface area contributed by atoms with E-state index in [9.17, 15) is 18.0 Å². The molecule has 0 saturated carbocycles. The summed E-state index contributed by atoms with van der Waals surface area (Å²) in [6, 6.07) is 2.25. The zero-order valence-electron chi connectivity index (χ0n) is 11.5. The average Bonchev–Trinajstić information content (AvgIpc) is 2.45. The lowest BCUT2D eigenvalue weighted by Crippen LogP contribution is -2.46. The standard InChI is InChI=1S/C13H15F3N4O/c1-10(21)19-4-6-20(7-5-19)18-9-12-3-2-11(8-17-12)13(14,15)16/h2-3,8-9H,4-7H2,1H3/b18-9+. The van der Waals surface area contributed by atoms with Gasteiger partial charge in [0, 0.05) is 26.2 Å². The van der Waals surface area contributed by atoms with Crippen LogP contribution in [0.1, 0.15) is 18.2 Å². The van der Waals surface area contributed by atoms with E-state index in [1.165, 1.54) is 19.2 Å². The van der Waals surface area contributed by atoms with Gasteiger partial charge >= 0.3 is 6.18 Å². The Labute approximate surface area is 120 Å². The van der Waals surface area contributed by atoms with Crippen LogP contribution in [0.5, 0.6) is 0 Å². The molecule has 21 heavy (non-hydrogen) atoms. The molecule has 2 heterocycles. The van der Waals surface area contributed by atoms with Crippen LogP contribution in [0.2, 0.25) is 0 Å². The number of pyridine rings is 1. The lowest BCUT2D eigenvalue weighted by molar-refractivity contribution is -0.137. The summed E-state index contributed by atoms with van der Waals surface area (Å²) in [6.45, 7) is 3.89. The number of carbonyl (C=O) groups excluding carboxylic acids is 1. The smallest absolute Gasteiger partial charge is 0.339 e. The SMILES string of the molecule is CC(=O)N1CCN(/N=C/c2ccc(C(F)(F)F)cn2)CC1. The molecule has 1 saturated heterocycles. The molecule has 1 aromatic heterocycles. The second-order valence-corrected chi connectivity index (χ2v) is 4.67. The highest BCUT2D eigenvalue weighted by atomic mass is 19.4. The first kappa shape index (κ1) is 15.3. The topological polar surface area (TPSA) is 48.8 Å². The lowest BCUT2D eigenvalue weighted by atomic mass is 10.2. The van der Waals surface area contributed by atoms with Gasteiger partial charge in [0.15, 0.2) is 0 Å². The molecule has 0 bridgehead atoms. The van der Waals surface area contributed by atoms with Crippen molar-refractivity contribution in [3.63, 3.8) is 0 Å². The predicted molar refractivity (Wildman–Crippen MR) is 70.7 cm³/mol. The molecule has 2 rings (SSSR count). The number of hydrazone groups is 1. The number of halogens is 3. The normalized spacial score (nSPS) is 16.6. The first-order valence-corrected chi connectivity index (χ1v) is 6.44. The number of rotatable bonds is 2. The number of hydrogen-bond acceptors (Lipinski definition) is 4.